The molecule has 2 heterocycles. The number of benzene rings is 1. The van der Waals surface area contributed by atoms with Gasteiger partial charge in [0.2, 0.25) is 5.91 Å². The first-order chi connectivity index (χ1) is 17.6. The van der Waals surface area contributed by atoms with Crippen LogP contribution >= 0.6 is 0 Å². The number of nitrogens with zero attached hydrogens (tertiary/aromatic N) is 2. The van der Waals surface area contributed by atoms with Gasteiger partial charge >= 0.3 is 6.18 Å². The van der Waals surface area contributed by atoms with Crippen LogP contribution in [0.5, 0.6) is 0 Å². The third-order valence-electron chi connectivity index (χ3n) is 7.62. The van der Waals surface area contributed by atoms with E-state index >= 15 is 0 Å². The van der Waals surface area contributed by atoms with Gasteiger partial charge in [-0.2, -0.15) is 13.2 Å². The summed E-state index contributed by atoms with van der Waals surface area (Å²) in [6.45, 7) is 5.85. The molecular formula is C28H35F3N4O2. The Kier molecular flexibility index (Phi) is 8.21. The lowest BCUT2D eigenvalue weighted by Crippen LogP contribution is -2.35. The van der Waals surface area contributed by atoms with Gasteiger partial charge < -0.3 is 10.6 Å². The van der Waals surface area contributed by atoms with Gasteiger partial charge in [0.25, 0.3) is 5.91 Å². The summed E-state index contributed by atoms with van der Waals surface area (Å²) in [6, 6.07) is 7.20. The fraction of sp³-hybridized carbons (Fsp3) is 0.536. The number of hydrogen-bond donors (Lipinski definition) is 2. The fourth-order valence-electron chi connectivity index (χ4n) is 5.63. The third kappa shape index (κ3) is 6.32. The lowest BCUT2D eigenvalue weighted by molar-refractivity contribution is -0.137. The van der Waals surface area contributed by atoms with E-state index in [0.717, 1.165) is 54.6 Å². The number of hydrogen-bond acceptors (Lipinski definition) is 4. The SMILES string of the molecule is CNC(=O)[C@H]1CC[C@H](CNC(=O)c2cnc3c(c2)CN(Cc2ccc(C(F)(F)F)cc2)[C@H]3C(C)C)CC1. The van der Waals surface area contributed by atoms with Crippen LogP contribution < -0.4 is 10.6 Å². The van der Waals surface area contributed by atoms with E-state index in [0.29, 0.717) is 31.1 Å². The van der Waals surface area contributed by atoms with Gasteiger partial charge in [0, 0.05) is 38.8 Å². The van der Waals surface area contributed by atoms with Gasteiger partial charge in [-0.05, 0) is 66.8 Å². The minimum absolute atomic E-state index is 0.0184. The average molecular weight is 517 g/mol. The minimum Gasteiger partial charge on any atom is -0.359 e. The number of amides is 2. The van der Waals surface area contributed by atoms with Gasteiger partial charge in [0.05, 0.1) is 22.9 Å². The number of carbonyl (C=O) groups is 2. The van der Waals surface area contributed by atoms with Crippen LogP contribution in [0.4, 0.5) is 13.2 Å². The molecule has 0 bridgehead atoms. The summed E-state index contributed by atoms with van der Waals surface area (Å²) >= 11 is 0. The van der Waals surface area contributed by atoms with E-state index in [4.69, 9.17) is 0 Å². The molecule has 1 aliphatic heterocycles. The number of carbonyl (C=O) groups excluding carboxylic acids is 2. The van der Waals surface area contributed by atoms with Gasteiger partial charge in [-0.1, -0.05) is 26.0 Å². The van der Waals surface area contributed by atoms with Crippen LogP contribution in [0.3, 0.4) is 0 Å². The van der Waals surface area contributed by atoms with E-state index in [1.807, 2.05) is 6.07 Å². The van der Waals surface area contributed by atoms with E-state index < -0.39 is 11.7 Å². The monoisotopic (exact) mass is 516 g/mol. The molecule has 1 aliphatic carbocycles. The summed E-state index contributed by atoms with van der Waals surface area (Å²) in [7, 11) is 1.66. The number of nitrogens with one attached hydrogen (secondary N) is 2. The molecule has 2 aliphatic rings. The normalized spacial score (nSPS) is 22.1. The van der Waals surface area contributed by atoms with E-state index in [1.54, 1.807) is 13.2 Å². The number of alkyl halides is 3. The Hall–Kier alpha value is -2.94. The average Bonchev–Trinajstić information content (AvgIpc) is 3.24. The highest BCUT2D eigenvalue weighted by Gasteiger charge is 2.35. The molecule has 0 unspecified atom stereocenters. The zero-order valence-corrected chi connectivity index (χ0v) is 21.6. The van der Waals surface area contributed by atoms with Crippen LogP contribution in [0.2, 0.25) is 0 Å². The maximum Gasteiger partial charge on any atom is 0.416 e. The standard InChI is InChI=1S/C28H35F3N4O2/c1-17(2)25-24-22(16-35(25)15-19-6-10-23(11-7-19)28(29,30)31)12-21(14-33-24)27(37)34-13-18-4-8-20(9-5-18)26(36)32-3/h6-7,10-12,14,17-18,20,25H,4-5,8-9,13,15-16H2,1-3H3,(H,32,36)(H,34,37)/t18-,20-,25-/m0/s1. The molecule has 2 amide bonds. The van der Waals surface area contributed by atoms with Gasteiger partial charge in [0.1, 0.15) is 0 Å². The lowest BCUT2D eigenvalue weighted by Gasteiger charge is -2.27. The van der Waals surface area contributed by atoms with Crippen LogP contribution in [0, 0.1) is 17.8 Å². The molecule has 2 aromatic rings. The highest BCUT2D eigenvalue weighted by atomic mass is 19.4. The van der Waals surface area contributed by atoms with Crippen LogP contribution in [-0.4, -0.2) is 35.3 Å². The van der Waals surface area contributed by atoms with Crippen molar-refractivity contribution in [2.24, 2.45) is 17.8 Å². The summed E-state index contributed by atoms with van der Waals surface area (Å²) in [5.74, 6) is 0.603. The first-order valence-corrected chi connectivity index (χ1v) is 13.0. The summed E-state index contributed by atoms with van der Waals surface area (Å²) in [5.41, 5.74) is 2.56. The van der Waals surface area contributed by atoms with Gasteiger partial charge in [0.15, 0.2) is 0 Å². The number of fused-ring (bicyclic) bond motifs is 1. The Morgan fingerprint density at radius 1 is 1.11 bits per heavy atom. The van der Waals surface area contributed by atoms with Crippen LogP contribution in [-0.2, 0) is 24.1 Å². The van der Waals surface area contributed by atoms with Crippen molar-refractivity contribution in [3.05, 3.63) is 64.5 Å². The minimum atomic E-state index is -4.35. The number of aromatic nitrogens is 1. The lowest BCUT2D eigenvalue weighted by atomic mass is 9.81. The van der Waals surface area contributed by atoms with Crippen LogP contribution in [0.1, 0.15) is 78.3 Å². The molecule has 0 radical (unpaired) electrons. The Morgan fingerprint density at radius 3 is 2.38 bits per heavy atom. The van der Waals surface area contributed by atoms with Gasteiger partial charge in [-0.3, -0.25) is 19.5 Å². The molecular weight excluding hydrogens is 481 g/mol. The number of rotatable bonds is 7. The van der Waals surface area contributed by atoms with E-state index in [1.165, 1.54) is 12.1 Å². The Balaban J connectivity index is 1.38. The number of pyridine rings is 1. The smallest absolute Gasteiger partial charge is 0.359 e. The van der Waals surface area contributed by atoms with Crippen molar-refractivity contribution in [1.29, 1.82) is 0 Å². The Bertz CT molecular complexity index is 1110. The van der Waals surface area contributed by atoms with Crippen LogP contribution in [0.25, 0.3) is 0 Å². The van der Waals surface area contributed by atoms with Crippen molar-refractivity contribution in [3.63, 3.8) is 0 Å². The molecule has 37 heavy (non-hydrogen) atoms. The van der Waals surface area contributed by atoms with Gasteiger partial charge in [-0.15, -0.1) is 0 Å². The zero-order chi connectivity index (χ0) is 26.7. The second kappa shape index (κ2) is 11.2. The van der Waals surface area contributed by atoms with Crippen molar-refractivity contribution >= 4 is 11.8 Å². The summed E-state index contributed by atoms with van der Waals surface area (Å²) in [5, 5.41) is 5.75. The molecule has 1 saturated carbocycles. The van der Waals surface area contributed by atoms with E-state index in [-0.39, 0.29) is 29.7 Å². The summed E-state index contributed by atoms with van der Waals surface area (Å²) in [6.07, 6.45) is 0.770. The van der Waals surface area contributed by atoms with Gasteiger partial charge in [-0.25, -0.2) is 0 Å². The molecule has 4 rings (SSSR count). The summed E-state index contributed by atoms with van der Waals surface area (Å²) < 4.78 is 38.8. The highest BCUT2D eigenvalue weighted by molar-refractivity contribution is 5.94. The van der Waals surface area contributed by atoms with E-state index in [2.05, 4.69) is 34.4 Å². The molecule has 200 valence electrons. The third-order valence-corrected chi connectivity index (χ3v) is 7.62. The second-order valence-corrected chi connectivity index (χ2v) is 10.6. The molecule has 0 saturated heterocycles. The number of halogens is 3. The molecule has 9 heteroatoms. The largest absolute Gasteiger partial charge is 0.416 e. The maximum atomic E-state index is 12.9. The molecule has 2 N–H and O–H groups in total. The molecule has 1 fully saturated rings. The molecule has 1 aromatic heterocycles. The zero-order valence-electron chi connectivity index (χ0n) is 21.6. The van der Waals surface area contributed by atoms with Crippen molar-refractivity contribution in [1.82, 2.24) is 20.5 Å². The van der Waals surface area contributed by atoms with Crippen molar-refractivity contribution in [2.45, 2.75) is 64.8 Å². The van der Waals surface area contributed by atoms with Crippen molar-refractivity contribution in [2.75, 3.05) is 13.6 Å². The van der Waals surface area contributed by atoms with E-state index in [9.17, 15) is 22.8 Å². The second-order valence-electron chi connectivity index (χ2n) is 10.6. The summed E-state index contributed by atoms with van der Waals surface area (Å²) in [4.78, 5) is 31.6. The first kappa shape index (κ1) is 27.1. The van der Waals surface area contributed by atoms with Crippen LogP contribution in [0.15, 0.2) is 36.5 Å². The predicted octanol–water partition coefficient (Wildman–Crippen LogP) is 5.10. The quantitative estimate of drug-likeness (QED) is 0.537. The Labute approximate surface area is 216 Å². The topological polar surface area (TPSA) is 74.3 Å². The molecule has 1 atom stereocenters. The molecule has 0 spiro atoms. The molecule has 1 aromatic carbocycles. The molecule has 6 nitrogen and oxygen atoms in total. The maximum absolute atomic E-state index is 12.9. The first-order valence-electron chi connectivity index (χ1n) is 13.0. The predicted molar refractivity (Wildman–Crippen MR) is 134 cm³/mol. The fourth-order valence-corrected chi connectivity index (χ4v) is 5.63. The Morgan fingerprint density at radius 2 is 1.78 bits per heavy atom. The van der Waals surface area contributed by atoms with Crippen molar-refractivity contribution in [3.8, 4) is 0 Å². The van der Waals surface area contributed by atoms with Crippen molar-refractivity contribution < 1.29 is 22.8 Å². The highest BCUT2D eigenvalue weighted by Crippen LogP contribution is 2.39.